The summed E-state index contributed by atoms with van der Waals surface area (Å²) < 4.78 is 7.26. The highest BCUT2D eigenvalue weighted by Gasteiger charge is 2.08. The van der Waals surface area contributed by atoms with Crippen LogP contribution in [0, 0.1) is 6.92 Å². The molecule has 0 saturated carbocycles. The van der Waals surface area contributed by atoms with Gasteiger partial charge in [0, 0.05) is 28.6 Å². The number of para-hydroxylation sites is 1. The molecule has 1 aromatic carbocycles. The molecular formula is C16H14Cl2N2O2S2. The lowest BCUT2D eigenvalue weighted by Gasteiger charge is -2.09. The number of thiazole rings is 1. The molecule has 0 atom stereocenters. The predicted octanol–water partition coefficient (Wildman–Crippen LogP) is 4.68. The molecule has 4 nitrogen and oxygen atoms in total. The second-order valence-corrected chi connectivity index (χ2v) is 7.79. The summed E-state index contributed by atoms with van der Waals surface area (Å²) in [5.41, 5.74) is 1.66. The predicted molar refractivity (Wildman–Crippen MR) is 102 cm³/mol. The second-order valence-electron chi connectivity index (χ2n) is 5.03. The monoisotopic (exact) mass is 400 g/mol. The highest BCUT2D eigenvalue weighted by molar-refractivity contribution is 7.98. The third-order valence-corrected chi connectivity index (χ3v) is 5.77. The lowest BCUT2D eigenvalue weighted by atomic mass is 10.3. The van der Waals surface area contributed by atoms with Gasteiger partial charge in [0.2, 0.25) is 0 Å². The summed E-state index contributed by atoms with van der Waals surface area (Å²) in [5, 5.41) is 2.93. The Balaban J connectivity index is 1.55. The van der Waals surface area contributed by atoms with E-state index in [0.717, 1.165) is 22.1 Å². The van der Waals surface area contributed by atoms with Gasteiger partial charge < -0.3 is 4.74 Å². The fraction of sp³-hybridized carbons (Fsp3) is 0.250. The van der Waals surface area contributed by atoms with Crippen molar-refractivity contribution in [2.75, 3.05) is 12.4 Å². The molecule has 126 valence electrons. The fourth-order valence-corrected chi connectivity index (χ4v) is 4.27. The minimum atomic E-state index is -0.0338. The second kappa shape index (κ2) is 7.78. The van der Waals surface area contributed by atoms with Crippen LogP contribution in [0.2, 0.25) is 10.0 Å². The molecule has 2 aromatic heterocycles. The normalized spacial score (nSPS) is 11.1. The molecule has 2 heterocycles. The molecule has 24 heavy (non-hydrogen) atoms. The molecule has 0 N–H and O–H groups in total. The van der Waals surface area contributed by atoms with Crippen LogP contribution in [0.4, 0.5) is 0 Å². The van der Waals surface area contributed by atoms with Crippen LogP contribution < -0.4 is 10.3 Å². The van der Waals surface area contributed by atoms with E-state index in [9.17, 15) is 4.79 Å². The van der Waals surface area contributed by atoms with Crippen molar-refractivity contribution in [3.05, 3.63) is 61.4 Å². The summed E-state index contributed by atoms with van der Waals surface area (Å²) in [4.78, 5) is 17.3. The van der Waals surface area contributed by atoms with Crippen LogP contribution in [0.5, 0.6) is 5.75 Å². The smallest absolute Gasteiger partial charge is 0.258 e. The summed E-state index contributed by atoms with van der Waals surface area (Å²) in [7, 11) is 0. The van der Waals surface area contributed by atoms with Crippen LogP contribution in [-0.2, 0) is 5.75 Å². The van der Waals surface area contributed by atoms with E-state index >= 15 is 0 Å². The van der Waals surface area contributed by atoms with Gasteiger partial charge in [0.05, 0.1) is 22.3 Å². The number of halogens is 2. The number of benzene rings is 1. The molecule has 0 aliphatic carbocycles. The first-order valence-corrected chi connectivity index (χ1v) is 9.96. The molecule has 0 amide bonds. The fourth-order valence-electron chi connectivity index (χ4n) is 2.17. The average Bonchev–Trinajstić information content (AvgIpc) is 2.91. The van der Waals surface area contributed by atoms with Gasteiger partial charge in [0.25, 0.3) is 5.56 Å². The number of fused-ring (bicyclic) bond motifs is 1. The van der Waals surface area contributed by atoms with Gasteiger partial charge in [-0.25, -0.2) is 4.98 Å². The van der Waals surface area contributed by atoms with Crippen molar-refractivity contribution in [2.24, 2.45) is 0 Å². The zero-order chi connectivity index (χ0) is 17.1. The van der Waals surface area contributed by atoms with Crippen LogP contribution in [0.25, 0.3) is 4.96 Å². The van der Waals surface area contributed by atoms with Gasteiger partial charge in [-0.1, -0.05) is 29.3 Å². The molecule has 8 heteroatoms. The number of nitrogens with zero attached hydrogens (tertiary/aromatic N) is 2. The summed E-state index contributed by atoms with van der Waals surface area (Å²) in [6, 6.07) is 6.85. The first-order valence-electron chi connectivity index (χ1n) is 7.17. The maximum atomic E-state index is 12.1. The van der Waals surface area contributed by atoms with Gasteiger partial charge in [0.15, 0.2) is 10.7 Å². The van der Waals surface area contributed by atoms with Crippen LogP contribution in [0.1, 0.15) is 11.4 Å². The maximum absolute atomic E-state index is 12.1. The number of aryl methyl sites for hydroxylation is 1. The van der Waals surface area contributed by atoms with Crippen molar-refractivity contribution in [1.82, 2.24) is 9.38 Å². The van der Waals surface area contributed by atoms with Crippen LogP contribution in [0.15, 0.2) is 34.4 Å². The Bertz CT molecular complexity index is 904. The van der Waals surface area contributed by atoms with Gasteiger partial charge in [-0.2, -0.15) is 11.8 Å². The van der Waals surface area contributed by atoms with Crippen LogP contribution >= 0.6 is 46.3 Å². The largest absolute Gasteiger partial charge is 0.490 e. The molecule has 0 aliphatic rings. The van der Waals surface area contributed by atoms with E-state index in [1.54, 1.807) is 40.4 Å². The standard InChI is InChI=1S/C16H14Cl2N2O2S2/c1-10-8-24-16-19-11(7-14(21)20(10)16)9-23-6-5-22-15-12(17)3-2-4-13(15)18/h2-4,7-8H,5-6,9H2,1H3. The van der Waals surface area contributed by atoms with Crippen molar-refractivity contribution >= 4 is 51.3 Å². The third kappa shape index (κ3) is 3.88. The number of ether oxygens (including phenoxy) is 1. The minimum Gasteiger partial charge on any atom is -0.490 e. The topological polar surface area (TPSA) is 43.6 Å². The number of aromatic nitrogens is 2. The zero-order valence-corrected chi connectivity index (χ0v) is 15.9. The van der Waals surface area contributed by atoms with E-state index in [2.05, 4.69) is 4.98 Å². The van der Waals surface area contributed by atoms with Gasteiger partial charge >= 0.3 is 0 Å². The molecule has 3 aromatic rings. The zero-order valence-electron chi connectivity index (χ0n) is 12.8. The first kappa shape index (κ1) is 17.6. The Morgan fingerprint density at radius 1 is 1.33 bits per heavy atom. The average molecular weight is 401 g/mol. The van der Waals surface area contributed by atoms with Crippen LogP contribution in [-0.4, -0.2) is 21.7 Å². The summed E-state index contributed by atoms with van der Waals surface area (Å²) in [6.45, 7) is 2.38. The van der Waals surface area contributed by atoms with Crippen LogP contribution in [0.3, 0.4) is 0 Å². The van der Waals surface area contributed by atoms with E-state index in [-0.39, 0.29) is 5.56 Å². The molecular weight excluding hydrogens is 387 g/mol. The van der Waals surface area contributed by atoms with E-state index in [1.807, 2.05) is 12.3 Å². The van der Waals surface area contributed by atoms with Crippen molar-refractivity contribution in [3.8, 4) is 5.75 Å². The third-order valence-electron chi connectivity index (χ3n) is 3.27. The van der Waals surface area contributed by atoms with Gasteiger partial charge in [0.1, 0.15) is 0 Å². The van der Waals surface area contributed by atoms with Gasteiger partial charge in [-0.05, 0) is 19.1 Å². The summed E-state index contributed by atoms with van der Waals surface area (Å²) in [5.74, 6) is 1.90. The minimum absolute atomic E-state index is 0.0338. The quantitative estimate of drug-likeness (QED) is 0.563. The number of thioether (sulfide) groups is 1. The molecule has 0 saturated heterocycles. The number of hydrogen-bond acceptors (Lipinski definition) is 5. The molecule has 0 radical (unpaired) electrons. The Morgan fingerprint density at radius 2 is 2.08 bits per heavy atom. The molecule has 0 unspecified atom stereocenters. The Labute approximate surface area is 157 Å². The molecule has 3 rings (SSSR count). The molecule has 0 aliphatic heterocycles. The highest BCUT2D eigenvalue weighted by atomic mass is 35.5. The van der Waals surface area contributed by atoms with Crippen molar-refractivity contribution in [1.29, 1.82) is 0 Å². The first-order chi connectivity index (χ1) is 11.6. The molecule has 0 bridgehead atoms. The molecule has 0 fully saturated rings. The van der Waals surface area contributed by atoms with Crippen molar-refractivity contribution in [3.63, 3.8) is 0 Å². The van der Waals surface area contributed by atoms with E-state index < -0.39 is 0 Å². The Kier molecular flexibility index (Phi) is 5.71. The summed E-state index contributed by atoms with van der Waals surface area (Å²) >= 11 is 15.2. The van der Waals surface area contributed by atoms with E-state index in [0.29, 0.717) is 28.2 Å². The van der Waals surface area contributed by atoms with Crippen molar-refractivity contribution < 1.29 is 4.74 Å². The Hall–Kier alpha value is -1.21. The lowest BCUT2D eigenvalue weighted by molar-refractivity contribution is 0.344. The number of rotatable bonds is 6. The highest BCUT2D eigenvalue weighted by Crippen LogP contribution is 2.32. The van der Waals surface area contributed by atoms with Gasteiger partial charge in [-0.15, -0.1) is 11.3 Å². The molecule has 0 spiro atoms. The number of hydrogen-bond donors (Lipinski definition) is 0. The van der Waals surface area contributed by atoms with E-state index in [4.69, 9.17) is 27.9 Å². The van der Waals surface area contributed by atoms with Crippen molar-refractivity contribution in [2.45, 2.75) is 12.7 Å². The maximum Gasteiger partial charge on any atom is 0.258 e. The summed E-state index contributed by atoms with van der Waals surface area (Å²) in [6.07, 6.45) is 0. The van der Waals surface area contributed by atoms with Gasteiger partial charge in [-0.3, -0.25) is 9.20 Å². The SMILES string of the molecule is Cc1csc2nc(CSCCOc3c(Cl)cccc3Cl)cc(=O)n12. The van der Waals surface area contributed by atoms with E-state index in [1.165, 1.54) is 11.3 Å². The lowest BCUT2D eigenvalue weighted by Crippen LogP contribution is -2.14. The Morgan fingerprint density at radius 3 is 2.83 bits per heavy atom.